The van der Waals surface area contributed by atoms with Crippen LogP contribution in [0.15, 0.2) is 23.0 Å². The van der Waals surface area contributed by atoms with Gasteiger partial charge in [0.2, 0.25) is 11.8 Å². The lowest BCUT2D eigenvalue weighted by atomic mass is 10.0. The number of imide groups is 1. The van der Waals surface area contributed by atoms with E-state index in [1.54, 1.807) is 11.6 Å². The Morgan fingerprint density at radius 3 is 2.56 bits per heavy atom. The first-order valence-electron chi connectivity index (χ1n) is 11.3. The van der Waals surface area contributed by atoms with Gasteiger partial charge >= 0.3 is 5.69 Å². The number of aromatic nitrogens is 2. The fourth-order valence-corrected chi connectivity index (χ4v) is 5.42. The molecule has 3 atom stereocenters. The van der Waals surface area contributed by atoms with Crippen molar-refractivity contribution in [3.8, 4) is 0 Å². The lowest BCUT2D eigenvalue weighted by molar-refractivity contribution is -0.135. The zero-order chi connectivity index (χ0) is 22.4. The number of carbonyl (C=O) groups is 2. The summed E-state index contributed by atoms with van der Waals surface area (Å²) in [6.07, 6.45) is 0.502. The minimum absolute atomic E-state index is 0.0350. The van der Waals surface area contributed by atoms with Gasteiger partial charge in [0.1, 0.15) is 12.2 Å². The number of hydrogen-bond donors (Lipinski definition) is 2. The summed E-state index contributed by atoms with van der Waals surface area (Å²) < 4.78 is 17.5. The predicted molar refractivity (Wildman–Crippen MR) is 119 cm³/mol. The van der Waals surface area contributed by atoms with E-state index in [2.05, 4.69) is 20.4 Å². The van der Waals surface area contributed by atoms with Gasteiger partial charge in [-0.2, -0.15) is 0 Å². The van der Waals surface area contributed by atoms with Crippen LogP contribution in [0, 0.1) is 0 Å². The molecule has 3 saturated heterocycles. The van der Waals surface area contributed by atoms with Crippen molar-refractivity contribution in [2.45, 2.75) is 37.5 Å². The topological polar surface area (TPSA) is 91.6 Å². The van der Waals surface area contributed by atoms with E-state index < -0.39 is 18.1 Å². The Morgan fingerprint density at radius 1 is 1.06 bits per heavy atom. The van der Waals surface area contributed by atoms with Crippen LogP contribution in [0.5, 0.6) is 0 Å². The average Bonchev–Trinajstić information content (AvgIpc) is 3.05. The molecular weight excluding hydrogens is 415 g/mol. The molecule has 32 heavy (non-hydrogen) atoms. The number of carbonyl (C=O) groups excluding carboxylic acids is 2. The van der Waals surface area contributed by atoms with Gasteiger partial charge in [-0.3, -0.25) is 28.9 Å². The first-order chi connectivity index (χ1) is 15.5. The summed E-state index contributed by atoms with van der Waals surface area (Å²) in [7, 11) is 1.72. The Labute approximate surface area is 185 Å². The van der Waals surface area contributed by atoms with Gasteiger partial charge in [0.05, 0.1) is 16.7 Å². The van der Waals surface area contributed by atoms with E-state index in [4.69, 9.17) is 0 Å². The number of amides is 2. The zero-order valence-corrected chi connectivity index (χ0v) is 18.2. The van der Waals surface area contributed by atoms with Gasteiger partial charge in [-0.05, 0) is 31.5 Å². The summed E-state index contributed by atoms with van der Waals surface area (Å²) in [4.78, 5) is 41.6. The summed E-state index contributed by atoms with van der Waals surface area (Å²) in [6, 6.07) is 5.01. The highest BCUT2D eigenvalue weighted by Gasteiger charge is 2.34. The van der Waals surface area contributed by atoms with Gasteiger partial charge in [0.25, 0.3) is 0 Å². The molecule has 2 amide bonds. The summed E-state index contributed by atoms with van der Waals surface area (Å²) in [5.74, 6) is -0.736. The van der Waals surface area contributed by atoms with Crippen LogP contribution in [-0.4, -0.2) is 77.3 Å². The van der Waals surface area contributed by atoms with Crippen molar-refractivity contribution in [2.24, 2.45) is 7.05 Å². The van der Waals surface area contributed by atoms with E-state index in [1.807, 2.05) is 18.2 Å². The number of piperazine rings is 1. The van der Waals surface area contributed by atoms with Gasteiger partial charge in [0, 0.05) is 52.2 Å². The van der Waals surface area contributed by atoms with Crippen molar-refractivity contribution in [3.05, 3.63) is 28.7 Å². The Kier molecular flexibility index (Phi) is 5.50. The van der Waals surface area contributed by atoms with Crippen LogP contribution in [0.2, 0.25) is 0 Å². The van der Waals surface area contributed by atoms with Crippen LogP contribution < -0.4 is 21.2 Å². The third kappa shape index (κ3) is 3.51. The van der Waals surface area contributed by atoms with Crippen LogP contribution in [-0.2, 0) is 16.6 Å². The number of rotatable bonds is 3. The third-order valence-electron chi connectivity index (χ3n) is 7.10. The van der Waals surface area contributed by atoms with Crippen molar-refractivity contribution in [1.82, 2.24) is 24.7 Å². The molecule has 0 saturated carbocycles. The number of imidazole rings is 1. The lowest BCUT2D eigenvalue weighted by Gasteiger charge is -2.42. The summed E-state index contributed by atoms with van der Waals surface area (Å²) in [5.41, 5.74) is 2.14. The molecule has 1 unspecified atom stereocenters. The summed E-state index contributed by atoms with van der Waals surface area (Å²) in [6.45, 7) is 4.29. The van der Waals surface area contributed by atoms with E-state index in [-0.39, 0.29) is 24.1 Å². The molecule has 9 nitrogen and oxygen atoms in total. The first-order valence-corrected chi connectivity index (χ1v) is 11.3. The predicted octanol–water partition coefficient (Wildman–Crippen LogP) is 0.140. The van der Waals surface area contributed by atoms with E-state index in [1.165, 1.54) is 4.57 Å². The van der Waals surface area contributed by atoms with Crippen LogP contribution in [0.25, 0.3) is 11.0 Å². The van der Waals surface area contributed by atoms with E-state index in [9.17, 15) is 18.8 Å². The molecule has 172 valence electrons. The standard InChI is InChI=1S/C22H29FN6O3/c1-26-20-16(28-11-9-27(10-12-28)15-7-8-24-13-14(15)23)3-2-4-17(20)29(22(26)32)18-5-6-19(30)25-21(18)31/h2-4,14-15,18,24H,5-13H2,1H3,(H,25,30,31)/t14-,15+,18?/m0/s1. The van der Waals surface area contributed by atoms with E-state index in [0.29, 0.717) is 18.5 Å². The fourth-order valence-electron chi connectivity index (χ4n) is 5.42. The molecule has 3 aliphatic heterocycles. The highest BCUT2D eigenvalue weighted by atomic mass is 19.1. The maximum atomic E-state index is 14.4. The van der Waals surface area contributed by atoms with E-state index >= 15 is 0 Å². The number of benzene rings is 1. The Morgan fingerprint density at radius 2 is 1.84 bits per heavy atom. The molecule has 0 bridgehead atoms. The fraction of sp³-hybridized carbons (Fsp3) is 0.591. The van der Waals surface area contributed by atoms with Gasteiger partial charge < -0.3 is 10.2 Å². The van der Waals surface area contributed by atoms with Crippen molar-refractivity contribution in [1.29, 1.82) is 0 Å². The third-order valence-corrected chi connectivity index (χ3v) is 7.10. The minimum atomic E-state index is -0.845. The van der Waals surface area contributed by atoms with Crippen LogP contribution >= 0.6 is 0 Å². The minimum Gasteiger partial charge on any atom is -0.367 e. The Hall–Kier alpha value is -2.72. The normalized spacial score (nSPS) is 27.7. The number of para-hydroxylation sites is 1. The molecule has 1 aromatic carbocycles. The van der Waals surface area contributed by atoms with Crippen LogP contribution in [0.4, 0.5) is 10.1 Å². The van der Waals surface area contributed by atoms with Crippen molar-refractivity contribution >= 4 is 28.5 Å². The second kappa shape index (κ2) is 8.32. The van der Waals surface area contributed by atoms with Gasteiger partial charge in [-0.25, -0.2) is 9.18 Å². The molecule has 1 aromatic heterocycles. The van der Waals surface area contributed by atoms with Crippen molar-refractivity contribution in [3.63, 3.8) is 0 Å². The van der Waals surface area contributed by atoms with Crippen LogP contribution in [0.1, 0.15) is 25.3 Å². The number of piperidine rings is 2. The van der Waals surface area contributed by atoms with Crippen LogP contribution in [0.3, 0.4) is 0 Å². The number of fused-ring (bicyclic) bond motifs is 1. The smallest absolute Gasteiger partial charge is 0.329 e. The van der Waals surface area contributed by atoms with Gasteiger partial charge in [0.15, 0.2) is 0 Å². The molecule has 0 radical (unpaired) electrons. The average molecular weight is 445 g/mol. The number of aryl methyl sites for hydroxylation is 1. The monoisotopic (exact) mass is 444 g/mol. The largest absolute Gasteiger partial charge is 0.367 e. The molecule has 0 aliphatic carbocycles. The number of halogens is 1. The molecule has 3 aliphatic rings. The second-order valence-electron chi connectivity index (χ2n) is 8.92. The molecule has 2 aromatic rings. The zero-order valence-electron chi connectivity index (χ0n) is 18.2. The quantitative estimate of drug-likeness (QED) is 0.655. The number of anilines is 1. The maximum Gasteiger partial charge on any atom is 0.329 e. The molecule has 10 heteroatoms. The molecule has 0 spiro atoms. The van der Waals surface area contributed by atoms with Gasteiger partial charge in [-0.1, -0.05) is 6.07 Å². The van der Waals surface area contributed by atoms with Crippen molar-refractivity contribution in [2.75, 3.05) is 44.2 Å². The molecule has 2 N–H and O–H groups in total. The number of hydrogen-bond acceptors (Lipinski definition) is 6. The van der Waals surface area contributed by atoms with Gasteiger partial charge in [-0.15, -0.1) is 0 Å². The van der Waals surface area contributed by atoms with Crippen molar-refractivity contribution < 1.29 is 14.0 Å². The number of nitrogens with zero attached hydrogens (tertiary/aromatic N) is 4. The molecule has 3 fully saturated rings. The molecular formula is C22H29FN6O3. The second-order valence-corrected chi connectivity index (χ2v) is 8.92. The number of alkyl halides is 1. The molecule has 4 heterocycles. The van der Waals surface area contributed by atoms with E-state index in [0.717, 1.165) is 50.3 Å². The first kappa shape index (κ1) is 21.1. The SMILES string of the molecule is Cn1c(=O)n(C2CCC(=O)NC2=O)c2cccc(N3CCN([C@@H]4CCNC[C@@H]4F)CC3)c21. The maximum absolute atomic E-state index is 14.4. The lowest BCUT2D eigenvalue weighted by Crippen LogP contribution is -2.57. The summed E-state index contributed by atoms with van der Waals surface area (Å²) in [5, 5.41) is 5.46. The Bertz CT molecular complexity index is 1100. The molecule has 5 rings (SSSR count). The summed E-state index contributed by atoms with van der Waals surface area (Å²) >= 11 is 0. The number of nitrogens with one attached hydrogen (secondary N) is 2. The highest BCUT2D eigenvalue weighted by molar-refractivity contribution is 6.00. The Balaban J connectivity index is 1.43. The highest BCUT2D eigenvalue weighted by Crippen LogP contribution is 2.30.